The lowest BCUT2D eigenvalue weighted by Gasteiger charge is -2.33. The van der Waals surface area contributed by atoms with Gasteiger partial charge in [0.1, 0.15) is 11.4 Å². The summed E-state index contributed by atoms with van der Waals surface area (Å²) in [5.41, 5.74) is 1.43. The molecule has 0 bridgehead atoms. The van der Waals surface area contributed by atoms with E-state index in [2.05, 4.69) is 13.8 Å². The van der Waals surface area contributed by atoms with Crippen LogP contribution in [0.3, 0.4) is 0 Å². The molecule has 3 rings (SSSR count). The van der Waals surface area contributed by atoms with Gasteiger partial charge in [-0.1, -0.05) is 18.2 Å². The van der Waals surface area contributed by atoms with Gasteiger partial charge in [-0.2, -0.15) is 0 Å². The minimum Gasteiger partial charge on any atom is -0.488 e. The number of ether oxygens (including phenoxy) is 1. The molecule has 0 atom stereocenters. The molecule has 128 valence electrons. The first-order valence-corrected chi connectivity index (χ1v) is 9.67. The van der Waals surface area contributed by atoms with Crippen LogP contribution in [0.15, 0.2) is 53.4 Å². The number of fused-ring (bicyclic) bond motifs is 1. The number of benzene rings is 2. The monoisotopic (exact) mass is 345 g/mol. The second kappa shape index (κ2) is 6.13. The fraction of sp³-hybridized carbons (Fsp3) is 0.368. The van der Waals surface area contributed by atoms with Crippen LogP contribution in [-0.4, -0.2) is 20.6 Å². The zero-order valence-corrected chi connectivity index (χ0v) is 15.1. The van der Waals surface area contributed by atoms with Crippen LogP contribution in [0.5, 0.6) is 5.75 Å². The van der Waals surface area contributed by atoms with Crippen molar-refractivity contribution in [3.05, 3.63) is 54.1 Å². The third-order valence-electron chi connectivity index (χ3n) is 4.33. The maximum Gasteiger partial charge on any atom is 0.264 e. The summed E-state index contributed by atoms with van der Waals surface area (Å²) in [4.78, 5) is 0.315. The molecular formula is C19H23NO3S. The van der Waals surface area contributed by atoms with E-state index in [9.17, 15) is 8.42 Å². The van der Waals surface area contributed by atoms with Crippen molar-refractivity contribution < 1.29 is 13.2 Å². The second-order valence-electron chi connectivity index (χ2n) is 6.64. The molecule has 0 amide bonds. The highest BCUT2D eigenvalue weighted by molar-refractivity contribution is 7.92. The second-order valence-corrected chi connectivity index (χ2v) is 8.50. The smallest absolute Gasteiger partial charge is 0.264 e. The molecule has 1 aliphatic heterocycles. The maximum absolute atomic E-state index is 13.1. The highest BCUT2D eigenvalue weighted by Gasteiger charge is 2.29. The van der Waals surface area contributed by atoms with Gasteiger partial charge in [-0.25, -0.2) is 8.42 Å². The molecule has 2 aromatic rings. The van der Waals surface area contributed by atoms with Crippen molar-refractivity contribution in [3.8, 4) is 5.75 Å². The van der Waals surface area contributed by atoms with Crippen LogP contribution in [0.2, 0.25) is 0 Å². The van der Waals surface area contributed by atoms with Gasteiger partial charge in [0, 0.05) is 6.54 Å². The Morgan fingerprint density at radius 2 is 1.83 bits per heavy atom. The fourth-order valence-corrected chi connectivity index (χ4v) is 4.53. The van der Waals surface area contributed by atoms with Crippen molar-refractivity contribution >= 4 is 15.7 Å². The van der Waals surface area contributed by atoms with E-state index in [0.29, 0.717) is 17.1 Å². The van der Waals surface area contributed by atoms with E-state index in [0.717, 1.165) is 24.2 Å². The third kappa shape index (κ3) is 3.13. The van der Waals surface area contributed by atoms with E-state index in [1.807, 2.05) is 37.3 Å². The van der Waals surface area contributed by atoms with Crippen LogP contribution in [-0.2, 0) is 16.4 Å². The number of rotatable bonds is 4. The Bertz CT molecular complexity index is 829. The van der Waals surface area contributed by atoms with Crippen LogP contribution < -0.4 is 9.04 Å². The molecular weight excluding hydrogens is 322 g/mol. The van der Waals surface area contributed by atoms with Gasteiger partial charge in [-0.3, -0.25) is 4.31 Å². The molecule has 1 heterocycles. The summed E-state index contributed by atoms with van der Waals surface area (Å²) >= 11 is 0. The predicted octanol–water partition coefficient (Wildman–Crippen LogP) is 4.01. The summed E-state index contributed by atoms with van der Waals surface area (Å²) in [5.74, 6) is 0.785. The Balaban J connectivity index is 1.99. The molecule has 5 heteroatoms. The van der Waals surface area contributed by atoms with Crippen molar-refractivity contribution in [1.29, 1.82) is 0 Å². The van der Waals surface area contributed by atoms with Crippen molar-refractivity contribution in [2.24, 2.45) is 0 Å². The van der Waals surface area contributed by atoms with E-state index >= 15 is 0 Å². The molecule has 0 spiro atoms. The highest BCUT2D eigenvalue weighted by atomic mass is 32.2. The normalized spacial score (nSPS) is 16.1. The van der Waals surface area contributed by atoms with E-state index in [4.69, 9.17) is 4.74 Å². The predicted molar refractivity (Wildman–Crippen MR) is 96.1 cm³/mol. The first-order chi connectivity index (χ1) is 11.3. The average molecular weight is 345 g/mol. The van der Waals surface area contributed by atoms with Gasteiger partial charge in [0.05, 0.1) is 10.6 Å². The lowest BCUT2D eigenvalue weighted by molar-refractivity contribution is 0.0845. The molecule has 4 nitrogen and oxygen atoms in total. The molecule has 0 saturated heterocycles. The van der Waals surface area contributed by atoms with Gasteiger partial charge >= 0.3 is 0 Å². The van der Waals surface area contributed by atoms with Gasteiger partial charge in [-0.05, 0) is 69.5 Å². The third-order valence-corrected chi connectivity index (χ3v) is 6.23. The Morgan fingerprint density at radius 1 is 1.12 bits per heavy atom. The number of hydrogen-bond donors (Lipinski definition) is 0. The molecule has 0 radical (unpaired) electrons. The lowest BCUT2D eigenvalue weighted by atomic mass is 9.94. The van der Waals surface area contributed by atoms with Crippen molar-refractivity contribution in [1.82, 2.24) is 0 Å². The summed E-state index contributed by atoms with van der Waals surface area (Å²) in [6.45, 7) is 6.32. The van der Waals surface area contributed by atoms with Crippen LogP contribution in [0.25, 0.3) is 0 Å². The maximum atomic E-state index is 13.1. The van der Waals surface area contributed by atoms with Gasteiger partial charge < -0.3 is 4.74 Å². The molecule has 2 aromatic carbocycles. The number of nitrogens with zero attached hydrogens (tertiary/aromatic N) is 1. The first kappa shape index (κ1) is 16.8. The number of hydrogen-bond acceptors (Lipinski definition) is 3. The largest absolute Gasteiger partial charge is 0.488 e. The van der Waals surface area contributed by atoms with Crippen molar-refractivity contribution in [2.75, 3.05) is 10.8 Å². The summed E-state index contributed by atoms with van der Waals surface area (Å²) in [5, 5.41) is 0. The highest BCUT2D eigenvalue weighted by Crippen LogP contribution is 2.35. The molecule has 0 saturated carbocycles. The number of sulfonamides is 1. The molecule has 0 N–H and O–H groups in total. The fourth-order valence-electron chi connectivity index (χ4n) is 3.01. The summed E-state index contributed by atoms with van der Waals surface area (Å²) < 4.78 is 33.5. The van der Waals surface area contributed by atoms with Crippen molar-refractivity contribution in [3.63, 3.8) is 0 Å². The summed E-state index contributed by atoms with van der Waals surface area (Å²) in [7, 11) is -3.59. The van der Waals surface area contributed by atoms with Gasteiger partial charge in [0.25, 0.3) is 10.0 Å². The number of para-hydroxylation sites is 1. The molecule has 24 heavy (non-hydrogen) atoms. The Hall–Kier alpha value is -2.01. The van der Waals surface area contributed by atoms with Gasteiger partial charge in [0.15, 0.2) is 0 Å². The van der Waals surface area contributed by atoms with E-state index in [1.165, 1.54) is 4.31 Å². The molecule has 0 unspecified atom stereocenters. The van der Waals surface area contributed by atoms with Crippen LogP contribution in [0.1, 0.15) is 32.8 Å². The quantitative estimate of drug-likeness (QED) is 0.841. The van der Waals surface area contributed by atoms with Crippen LogP contribution in [0, 0.1) is 0 Å². The molecule has 0 fully saturated rings. The van der Waals surface area contributed by atoms with Gasteiger partial charge in [0.2, 0.25) is 0 Å². The molecule has 0 aromatic heterocycles. The zero-order valence-electron chi connectivity index (χ0n) is 14.3. The minimum absolute atomic E-state index is 0.202. The first-order valence-electron chi connectivity index (χ1n) is 8.23. The van der Waals surface area contributed by atoms with Gasteiger partial charge in [-0.15, -0.1) is 0 Å². The number of anilines is 1. The Labute approximate surface area is 144 Å². The SMILES string of the molecule is CCN(c1ccccc1)S(=O)(=O)c1ccc2c(c1)CCC(C)(C)O2. The molecule has 0 aliphatic carbocycles. The Morgan fingerprint density at radius 3 is 2.50 bits per heavy atom. The van der Waals surface area contributed by atoms with E-state index < -0.39 is 10.0 Å². The standard InChI is InChI=1S/C19H23NO3S/c1-4-20(16-8-6-5-7-9-16)24(21,22)17-10-11-18-15(14-17)12-13-19(2,3)23-18/h5-11,14H,4,12-13H2,1-3H3. The zero-order chi connectivity index (χ0) is 17.4. The van der Waals surface area contributed by atoms with Crippen LogP contribution in [0.4, 0.5) is 5.69 Å². The Kier molecular flexibility index (Phi) is 4.30. The van der Waals surface area contributed by atoms with E-state index in [1.54, 1.807) is 18.2 Å². The number of aryl methyl sites for hydroxylation is 1. The molecule has 1 aliphatic rings. The average Bonchev–Trinajstić information content (AvgIpc) is 2.55. The van der Waals surface area contributed by atoms with Crippen molar-refractivity contribution in [2.45, 2.75) is 44.1 Å². The minimum atomic E-state index is -3.59. The summed E-state index contributed by atoms with van der Waals surface area (Å²) in [6.07, 6.45) is 1.70. The summed E-state index contributed by atoms with van der Waals surface area (Å²) in [6, 6.07) is 14.4. The van der Waals surface area contributed by atoms with Crippen LogP contribution >= 0.6 is 0 Å². The lowest BCUT2D eigenvalue weighted by Crippen LogP contribution is -2.33. The van der Waals surface area contributed by atoms with E-state index in [-0.39, 0.29) is 5.60 Å². The topological polar surface area (TPSA) is 46.6 Å².